The van der Waals surface area contributed by atoms with Gasteiger partial charge in [0.2, 0.25) is 5.78 Å². The molecule has 5 nitrogen and oxygen atoms in total. The smallest absolute Gasteiger partial charge is 0.290 e. The lowest BCUT2D eigenvalue weighted by atomic mass is 10.00. The first kappa shape index (κ1) is 13.7. The number of amides is 1. The van der Waals surface area contributed by atoms with E-state index >= 15 is 0 Å². The zero-order valence-electron chi connectivity index (χ0n) is 10.3. The Morgan fingerprint density at radius 1 is 1.29 bits per heavy atom. The van der Waals surface area contributed by atoms with E-state index in [0.29, 0.717) is 13.0 Å². The Morgan fingerprint density at radius 3 is 2.47 bits per heavy atom. The van der Waals surface area contributed by atoms with Crippen LogP contribution in [0.2, 0.25) is 0 Å². The van der Waals surface area contributed by atoms with Crippen LogP contribution in [-0.2, 0) is 14.4 Å². The number of nitrogens with zero attached hydrogens (tertiary/aromatic N) is 1. The number of piperidine rings is 1. The average molecular weight is 240 g/mol. The van der Waals surface area contributed by atoms with Crippen molar-refractivity contribution in [2.24, 2.45) is 5.92 Å². The van der Waals surface area contributed by atoms with Gasteiger partial charge in [-0.05, 0) is 25.2 Å². The first-order chi connectivity index (χ1) is 7.93. The van der Waals surface area contributed by atoms with Crippen molar-refractivity contribution in [2.45, 2.75) is 45.6 Å². The van der Waals surface area contributed by atoms with E-state index in [1.807, 2.05) is 13.8 Å². The number of hydrogen-bond acceptors (Lipinski definition) is 4. The van der Waals surface area contributed by atoms with Gasteiger partial charge in [-0.25, -0.2) is 0 Å². The summed E-state index contributed by atoms with van der Waals surface area (Å²) in [5.41, 5.74) is 0. The Kier molecular flexibility index (Phi) is 4.66. The van der Waals surface area contributed by atoms with Crippen molar-refractivity contribution >= 4 is 17.7 Å². The quantitative estimate of drug-likeness (QED) is 0.634. The van der Waals surface area contributed by atoms with Crippen LogP contribution in [0.15, 0.2) is 0 Å². The summed E-state index contributed by atoms with van der Waals surface area (Å²) in [4.78, 5) is 35.5. The highest BCUT2D eigenvalue weighted by molar-refractivity contribution is 6.36. The monoisotopic (exact) mass is 240 g/mol. The van der Waals surface area contributed by atoms with Crippen LogP contribution in [0.1, 0.15) is 39.5 Å². The number of hydrogen-bond donors (Lipinski definition) is 0. The van der Waals surface area contributed by atoms with Crippen molar-refractivity contribution in [1.82, 2.24) is 4.90 Å². The van der Waals surface area contributed by atoms with Gasteiger partial charge in [-0.1, -0.05) is 13.8 Å². The molecule has 0 N–H and O–H groups in total. The van der Waals surface area contributed by atoms with Gasteiger partial charge in [0.15, 0.2) is 0 Å². The fourth-order valence-electron chi connectivity index (χ4n) is 2.04. The number of likely N-dealkylation sites (tertiary alicyclic amines) is 1. The van der Waals surface area contributed by atoms with Crippen LogP contribution in [0.3, 0.4) is 0 Å². The molecule has 0 radical (unpaired) electrons. The number of aliphatic carboxylic acids is 1. The molecule has 1 aliphatic heterocycles. The molecule has 1 unspecified atom stereocenters. The fourth-order valence-corrected chi connectivity index (χ4v) is 2.04. The highest BCUT2D eigenvalue weighted by Crippen LogP contribution is 2.17. The lowest BCUT2D eigenvalue weighted by Gasteiger charge is -2.35. The number of carboxylic acid groups (broad SMARTS) is 1. The maximum Gasteiger partial charge on any atom is 0.290 e. The summed E-state index contributed by atoms with van der Waals surface area (Å²) in [5.74, 6) is -2.35. The minimum atomic E-state index is -1.27. The van der Waals surface area contributed by atoms with E-state index in [2.05, 4.69) is 0 Å². The molecule has 0 bridgehead atoms. The van der Waals surface area contributed by atoms with Crippen LogP contribution < -0.4 is 5.11 Å². The van der Waals surface area contributed by atoms with Crippen LogP contribution in [0.4, 0.5) is 0 Å². The second-order valence-electron chi connectivity index (χ2n) is 4.85. The molecule has 0 aromatic carbocycles. The predicted molar refractivity (Wildman–Crippen MR) is 58.8 cm³/mol. The van der Waals surface area contributed by atoms with Crippen molar-refractivity contribution in [3.05, 3.63) is 0 Å². The zero-order valence-corrected chi connectivity index (χ0v) is 10.3. The Hall–Kier alpha value is -1.39. The molecular weight excluding hydrogens is 222 g/mol. The molecule has 0 aliphatic carbocycles. The summed E-state index contributed by atoms with van der Waals surface area (Å²) >= 11 is 0. The molecule has 5 heteroatoms. The first-order valence-electron chi connectivity index (χ1n) is 5.98. The lowest BCUT2D eigenvalue weighted by molar-refractivity contribution is -0.312. The van der Waals surface area contributed by atoms with Crippen molar-refractivity contribution in [1.29, 1.82) is 0 Å². The third kappa shape index (κ3) is 3.54. The maximum absolute atomic E-state index is 11.8. The van der Waals surface area contributed by atoms with Crippen molar-refractivity contribution in [3.63, 3.8) is 0 Å². The standard InChI is InChI=1S/C12H19NO4/c1-8(2)7-10(14)11(15)13-6-4-3-5-9(13)12(16)17/h8-9H,3-7H2,1-2H3,(H,16,17)/p-1. The third-order valence-corrected chi connectivity index (χ3v) is 2.87. The third-order valence-electron chi connectivity index (χ3n) is 2.87. The molecule has 1 fully saturated rings. The summed E-state index contributed by atoms with van der Waals surface area (Å²) < 4.78 is 0. The number of carbonyl (C=O) groups is 3. The maximum atomic E-state index is 11.8. The molecule has 1 saturated heterocycles. The summed E-state index contributed by atoms with van der Waals surface area (Å²) in [5, 5.41) is 10.9. The normalized spacial score (nSPS) is 20.4. The molecule has 0 aromatic rings. The van der Waals surface area contributed by atoms with Crippen molar-refractivity contribution in [3.8, 4) is 0 Å². The Bertz CT molecular complexity index is 324. The molecule has 1 aliphatic rings. The van der Waals surface area contributed by atoms with Gasteiger partial charge in [-0.15, -0.1) is 0 Å². The van der Waals surface area contributed by atoms with E-state index in [-0.39, 0.29) is 12.3 Å². The second-order valence-corrected chi connectivity index (χ2v) is 4.85. The van der Waals surface area contributed by atoms with Gasteiger partial charge in [0.1, 0.15) is 0 Å². The molecule has 1 rings (SSSR count). The SMILES string of the molecule is CC(C)CC(=O)C(=O)N1CCCCC1C(=O)[O-]. The van der Waals surface area contributed by atoms with E-state index in [0.717, 1.165) is 17.7 Å². The topological polar surface area (TPSA) is 77.5 Å². The fraction of sp³-hybridized carbons (Fsp3) is 0.750. The minimum absolute atomic E-state index is 0.0950. The van der Waals surface area contributed by atoms with Gasteiger partial charge < -0.3 is 14.8 Å². The van der Waals surface area contributed by atoms with Gasteiger partial charge in [0, 0.05) is 13.0 Å². The first-order valence-corrected chi connectivity index (χ1v) is 5.98. The van der Waals surface area contributed by atoms with E-state index in [1.165, 1.54) is 0 Å². The Balaban J connectivity index is 2.71. The van der Waals surface area contributed by atoms with Crippen LogP contribution in [0.25, 0.3) is 0 Å². The zero-order chi connectivity index (χ0) is 13.0. The van der Waals surface area contributed by atoms with Gasteiger partial charge >= 0.3 is 0 Å². The Labute approximate surface area is 101 Å². The van der Waals surface area contributed by atoms with Gasteiger partial charge in [0.05, 0.1) is 12.0 Å². The van der Waals surface area contributed by atoms with E-state index in [1.54, 1.807) is 0 Å². The average Bonchev–Trinajstić information content (AvgIpc) is 2.27. The molecule has 0 aromatic heterocycles. The molecule has 96 valence electrons. The van der Waals surface area contributed by atoms with Gasteiger partial charge in [0.25, 0.3) is 5.91 Å². The van der Waals surface area contributed by atoms with Crippen molar-refractivity contribution in [2.75, 3.05) is 6.54 Å². The molecule has 1 amide bonds. The molecule has 0 spiro atoms. The number of carbonyl (C=O) groups excluding carboxylic acids is 3. The molecule has 1 heterocycles. The van der Waals surface area contributed by atoms with Gasteiger partial charge in [-0.3, -0.25) is 9.59 Å². The molecule has 1 atom stereocenters. The highest BCUT2D eigenvalue weighted by atomic mass is 16.4. The number of Topliss-reactive ketones (excluding diaryl/α,β-unsaturated/α-hetero) is 1. The van der Waals surface area contributed by atoms with E-state index in [9.17, 15) is 19.5 Å². The number of ketones is 1. The lowest BCUT2D eigenvalue weighted by Crippen LogP contribution is -2.54. The van der Waals surface area contributed by atoms with Crippen LogP contribution in [0.5, 0.6) is 0 Å². The number of rotatable bonds is 4. The van der Waals surface area contributed by atoms with Crippen LogP contribution >= 0.6 is 0 Å². The van der Waals surface area contributed by atoms with Crippen LogP contribution in [0, 0.1) is 5.92 Å². The number of carboxylic acids is 1. The Morgan fingerprint density at radius 2 is 1.94 bits per heavy atom. The highest BCUT2D eigenvalue weighted by Gasteiger charge is 2.31. The largest absolute Gasteiger partial charge is 0.548 e. The molecule has 17 heavy (non-hydrogen) atoms. The van der Waals surface area contributed by atoms with Crippen molar-refractivity contribution < 1.29 is 19.5 Å². The van der Waals surface area contributed by atoms with Crippen LogP contribution in [-0.4, -0.2) is 35.1 Å². The molecular formula is C12H18NO4-. The van der Waals surface area contributed by atoms with E-state index < -0.39 is 23.7 Å². The minimum Gasteiger partial charge on any atom is -0.548 e. The molecule has 0 saturated carbocycles. The second kappa shape index (κ2) is 5.80. The summed E-state index contributed by atoms with van der Waals surface area (Å²) in [6.45, 7) is 4.02. The summed E-state index contributed by atoms with van der Waals surface area (Å²) in [6.07, 6.45) is 2.03. The predicted octanol–water partition coefficient (Wildman–Crippen LogP) is -0.267. The van der Waals surface area contributed by atoms with Gasteiger partial charge in [-0.2, -0.15) is 0 Å². The van der Waals surface area contributed by atoms with E-state index in [4.69, 9.17) is 0 Å². The summed E-state index contributed by atoms with van der Waals surface area (Å²) in [6, 6.07) is -0.938. The summed E-state index contributed by atoms with van der Waals surface area (Å²) in [7, 11) is 0.